The number of nitrogens with one attached hydrogen (secondary N) is 2. The Morgan fingerprint density at radius 1 is 1.10 bits per heavy atom. The lowest BCUT2D eigenvalue weighted by Crippen LogP contribution is -2.41. The van der Waals surface area contributed by atoms with Crippen LogP contribution in [0.2, 0.25) is 0 Å². The number of hydrogen-bond acceptors (Lipinski definition) is 6. The molecule has 0 fully saturated rings. The molecule has 0 bridgehead atoms. The summed E-state index contributed by atoms with van der Waals surface area (Å²) in [5, 5.41) is 2.62. The van der Waals surface area contributed by atoms with Crippen molar-refractivity contribution < 1.29 is 19.0 Å². The molecule has 9 nitrogen and oxygen atoms in total. The van der Waals surface area contributed by atoms with E-state index in [9.17, 15) is 14.4 Å². The minimum atomic E-state index is -0.683. The van der Waals surface area contributed by atoms with Gasteiger partial charge in [0.2, 0.25) is 6.79 Å². The first-order valence-electron chi connectivity index (χ1n) is 9.29. The minimum Gasteiger partial charge on any atom is -0.492 e. The quantitative estimate of drug-likeness (QED) is 0.566. The lowest BCUT2D eigenvalue weighted by molar-refractivity contribution is 0.0944. The number of para-hydroxylation sites is 1. The summed E-state index contributed by atoms with van der Waals surface area (Å²) in [7, 11) is 0. The van der Waals surface area contributed by atoms with Crippen LogP contribution in [0.3, 0.4) is 0 Å². The Morgan fingerprint density at radius 2 is 1.90 bits per heavy atom. The fraction of sp³-hybridized carbons (Fsp3) is 0.190. The molecule has 0 saturated carbocycles. The molecule has 1 aliphatic heterocycles. The van der Waals surface area contributed by atoms with E-state index in [0.717, 1.165) is 10.8 Å². The lowest BCUT2D eigenvalue weighted by Gasteiger charge is -2.09. The summed E-state index contributed by atoms with van der Waals surface area (Å²) >= 11 is 0. The largest absolute Gasteiger partial charge is 0.492 e. The molecule has 1 aromatic heterocycles. The molecular formula is C21H19N3O6. The average Bonchev–Trinajstić information content (AvgIpc) is 3.23. The molecule has 2 heterocycles. The Kier molecular flexibility index (Phi) is 5.51. The monoisotopic (exact) mass is 409 g/mol. The van der Waals surface area contributed by atoms with E-state index in [1.165, 1.54) is 0 Å². The number of carbonyl (C=O) groups excluding carboxylic acids is 1. The van der Waals surface area contributed by atoms with Gasteiger partial charge in [0.05, 0.1) is 13.1 Å². The van der Waals surface area contributed by atoms with E-state index in [-0.39, 0.29) is 32.1 Å². The van der Waals surface area contributed by atoms with E-state index in [4.69, 9.17) is 14.2 Å². The van der Waals surface area contributed by atoms with Crippen LogP contribution in [0.5, 0.6) is 17.2 Å². The maximum absolute atomic E-state index is 12.7. The van der Waals surface area contributed by atoms with E-state index in [1.807, 2.05) is 18.2 Å². The van der Waals surface area contributed by atoms with Gasteiger partial charge in [0.1, 0.15) is 17.9 Å². The van der Waals surface area contributed by atoms with Crippen molar-refractivity contribution in [2.75, 3.05) is 19.9 Å². The Balaban J connectivity index is 1.43. The highest BCUT2D eigenvalue weighted by molar-refractivity contribution is 5.93. The summed E-state index contributed by atoms with van der Waals surface area (Å²) in [6, 6.07) is 14.3. The van der Waals surface area contributed by atoms with Crippen LogP contribution in [0.15, 0.2) is 64.3 Å². The molecule has 0 aliphatic carbocycles. The number of benzene rings is 2. The van der Waals surface area contributed by atoms with Gasteiger partial charge in [-0.2, -0.15) is 0 Å². The molecule has 1 aliphatic rings. The Hall–Kier alpha value is -4.01. The standard InChI is InChI=1S/C21H19N3O6/c25-19(22-8-9-28-15-4-2-1-3-5-15)16-11-23-21(27)24(20(16)26)12-14-6-7-17-18(10-14)30-13-29-17/h1-7,10-11H,8-9,12-13H2,(H,22,25)(H,23,27). The van der Waals surface area contributed by atoms with Gasteiger partial charge in [0.25, 0.3) is 11.5 Å². The van der Waals surface area contributed by atoms with Crippen LogP contribution in [0.4, 0.5) is 0 Å². The molecule has 0 spiro atoms. The second-order valence-electron chi connectivity index (χ2n) is 6.50. The number of carbonyl (C=O) groups is 1. The van der Waals surface area contributed by atoms with E-state index < -0.39 is 17.2 Å². The van der Waals surface area contributed by atoms with Crippen molar-refractivity contribution in [1.29, 1.82) is 0 Å². The minimum absolute atomic E-state index is 0.0109. The number of ether oxygens (including phenoxy) is 3. The molecule has 0 unspecified atom stereocenters. The number of amides is 1. The summed E-state index contributed by atoms with van der Waals surface area (Å²) in [5.74, 6) is 1.24. The summed E-state index contributed by atoms with van der Waals surface area (Å²) in [5.41, 5.74) is -0.782. The van der Waals surface area contributed by atoms with Crippen LogP contribution in [-0.2, 0) is 6.54 Å². The number of nitrogens with zero attached hydrogens (tertiary/aromatic N) is 1. The first-order chi connectivity index (χ1) is 14.6. The fourth-order valence-electron chi connectivity index (χ4n) is 2.98. The van der Waals surface area contributed by atoms with Gasteiger partial charge in [0, 0.05) is 6.20 Å². The fourth-order valence-corrected chi connectivity index (χ4v) is 2.98. The van der Waals surface area contributed by atoms with Crippen LogP contribution < -0.4 is 30.8 Å². The second-order valence-corrected chi connectivity index (χ2v) is 6.50. The highest BCUT2D eigenvalue weighted by Gasteiger charge is 2.17. The number of hydrogen-bond donors (Lipinski definition) is 2. The van der Waals surface area contributed by atoms with Crippen LogP contribution >= 0.6 is 0 Å². The summed E-state index contributed by atoms with van der Waals surface area (Å²) < 4.78 is 17.0. The predicted octanol–water partition coefficient (Wildman–Crippen LogP) is 1.12. The van der Waals surface area contributed by atoms with Crippen molar-refractivity contribution in [2.45, 2.75) is 6.54 Å². The molecule has 154 valence electrons. The molecule has 2 aromatic carbocycles. The zero-order valence-electron chi connectivity index (χ0n) is 15.9. The summed E-state index contributed by atoms with van der Waals surface area (Å²) in [4.78, 5) is 39.7. The average molecular weight is 409 g/mol. The van der Waals surface area contributed by atoms with Gasteiger partial charge in [-0.05, 0) is 29.8 Å². The maximum atomic E-state index is 12.7. The van der Waals surface area contributed by atoms with Gasteiger partial charge in [-0.1, -0.05) is 24.3 Å². The van der Waals surface area contributed by atoms with Gasteiger partial charge in [0.15, 0.2) is 11.5 Å². The smallest absolute Gasteiger partial charge is 0.328 e. The summed E-state index contributed by atoms with van der Waals surface area (Å²) in [6.07, 6.45) is 1.12. The number of aromatic nitrogens is 2. The van der Waals surface area contributed by atoms with Crippen molar-refractivity contribution in [3.8, 4) is 17.2 Å². The molecule has 0 radical (unpaired) electrons. The molecular weight excluding hydrogens is 390 g/mol. The first-order valence-corrected chi connectivity index (χ1v) is 9.29. The number of fused-ring (bicyclic) bond motifs is 1. The Bertz CT molecular complexity index is 1170. The van der Waals surface area contributed by atoms with Gasteiger partial charge in [-0.15, -0.1) is 0 Å². The third-order valence-corrected chi connectivity index (χ3v) is 4.48. The number of aromatic amines is 1. The molecule has 0 atom stereocenters. The van der Waals surface area contributed by atoms with Crippen molar-refractivity contribution in [2.24, 2.45) is 0 Å². The second kappa shape index (κ2) is 8.56. The molecule has 3 aromatic rings. The van der Waals surface area contributed by atoms with E-state index in [2.05, 4.69) is 10.3 Å². The van der Waals surface area contributed by atoms with Gasteiger partial charge >= 0.3 is 5.69 Å². The SMILES string of the molecule is O=C(NCCOc1ccccc1)c1c[nH]c(=O)n(Cc2ccc3c(c2)OCO3)c1=O. The van der Waals surface area contributed by atoms with Crippen LogP contribution in [0.1, 0.15) is 15.9 Å². The molecule has 1 amide bonds. The van der Waals surface area contributed by atoms with E-state index in [1.54, 1.807) is 30.3 Å². The molecule has 2 N–H and O–H groups in total. The molecule has 4 rings (SSSR count). The molecule has 30 heavy (non-hydrogen) atoms. The van der Waals surface area contributed by atoms with Crippen molar-refractivity contribution in [3.05, 3.63) is 86.7 Å². The van der Waals surface area contributed by atoms with Crippen molar-refractivity contribution >= 4 is 5.91 Å². The number of H-pyrrole nitrogens is 1. The predicted molar refractivity (Wildman–Crippen MR) is 107 cm³/mol. The highest BCUT2D eigenvalue weighted by Crippen LogP contribution is 2.32. The Labute approximate surface area is 170 Å². The topological polar surface area (TPSA) is 112 Å². The normalized spacial score (nSPS) is 11.9. The van der Waals surface area contributed by atoms with Gasteiger partial charge in [-0.25, -0.2) is 4.79 Å². The van der Waals surface area contributed by atoms with E-state index in [0.29, 0.717) is 22.8 Å². The lowest BCUT2D eigenvalue weighted by atomic mass is 10.2. The summed E-state index contributed by atoms with van der Waals surface area (Å²) in [6.45, 7) is 0.560. The van der Waals surface area contributed by atoms with Crippen molar-refractivity contribution in [1.82, 2.24) is 14.9 Å². The highest BCUT2D eigenvalue weighted by atomic mass is 16.7. The van der Waals surface area contributed by atoms with Crippen molar-refractivity contribution in [3.63, 3.8) is 0 Å². The van der Waals surface area contributed by atoms with Crippen LogP contribution in [0, 0.1) is 0 Å². The zero-order chi connectivity index (χ0) is 20.9. The molecule has 9 heteroatoms. The van der Waals surface area contributed by atoms with Crippen LogP contribution in [-0.4, -0.2) is 35.4 Å². The molecule has 0 saturated heterocycles. The van der Waals surface area contributed by atoms with E-state index >= 15 is 0 Å². The Morgan fingerprint density at radius 3 is 2.73 bits per heavy atom. The van der Waals surface area contributed by atoms with Gasteiger partial charge in [-0.3, -0.25) is 14.2 Å². The maximum Gasteiger partial charge on any atom is 0.328 e. The number of rotatable bonds is 7. The third-order valence-electron chi connectivity index (χ3n) is 4.48. The third kappa shape index (κ3) is 4.19. The van der Waals surface area contributed by atoms with Gasteiger partial charge < -0.3 is 24.5 Å². The van der Waals surface area contributed by atoms with Crippen LogP contribution in [0.25, 0.3) is 0 Å². The zero-order valence-corrected chi connectivity index (χ0v) is 15.9. The first kappa shape index (κ1) is 19.3.